The predicted molar refractivity (Wildman–Crippen MR) is 152 cm³/mol. The van der Waals surface area contributed by atoms with E-state index in [1.165, 1.54) is 22.8 Å². The van der Waals surface area contributed by atoms with Crippen LogP contribution in [-0.2, 0) is 26.1 Å². The van der Waals surface area contributed by atoms with Crippen molar-refractivity contribution in [3.8, 4) is 5.75 Å². The number of rotatable bonds is 8. The van der Waals surface area contributed by atoms with E-state index in [0.717, 1.165) is 27.1 Å². The zero-order valence-corrected chi connectivity index (χ0v) is 24.8. The molecule has 0 aliphatic carbocycles. The van der Waals surface area contributed by atoms with Crippen molar-refractivity contribution in [3.63, 3.8) is 0 Å². The molecule has 4 rings (SSSR count). The second kappa shape index (κ2) is 11.6. The van der Waals surface area contributed by atoms with Crippen molar-refractivity contribution < 1.29 is 27.5 Å². The number of para-hydroxylation sites is 1. The molecule has 2 aromatic carbocycles. The van der Waals surface area contributed by atoms with Gasteiger partial charge in [0.15, 0.2) is 5.78 Å². The van der Waals surface area contributed by atoms with E-state index in [0.29, 0.717) is 17.0 Å². The van der Waals surface area contributed by atoms with E-state index in [9.17, 15) is 18.0 Å². The van der Waals surface area contributed by atoms with E-state index < -0.39 is 15.9 Å². The maximum atomic E-state index is 13.7. The summed E-state index contributed by atoms with van der Waals surface area (Å²) >= 11 is 1.39. The molecule has 2 heterocycles. The number of esters is 1. The topological polar surface area (TPSA) is 90.0 Å². The number of hydrogen-bond donors (Lipinski definition) is 0. The van der Waals surface area contributed by atoms with Crippen LogP contribution in [0, 0.1) is 19.8 Å². The molecule has 1 aromatic heterocycles. The maximum Gasteiger partial charge on any atom is 0.309 e. The van der Waals surface area contributed by atoms with Crippen molar-refractivity contribution in [3.05, 3.63) is 80.5 Å². The van der Waals surface area contributed by atoms with Crippen LogP contribution in [-0.4, -0.2) is 44.2 Å². The highest BCUT2D eigenvalue weighted by Gasteiger charge is 2.35. The summed E-state index contributed by atoms with van der Waals surface area (Å²) in [5.41, 5.74) is 3.52. The van der Waals surface area contributed by atoms with Crippen LogP contribution in [0.25, 0.3) is 0 Å². The number of sulfonamides is 1. The molecule has 1 aliphatic heterocycles. The Bertz CT molecular complexity index is 1490. The van der Waals surface area contributed by atoms with Crippen LogP contribution >= 0.6 is 11.3 Å². The number of ketones is 1. The molecular formula is C30H35NO6S2. The number of fused-ring (bicyclic) bond motifs is 1. The molecule has 0 N–H and O–H groups in total. The number of ether oxygens (including phenoxy) is 2. The van der Waals surface area contributed by atoms with Crippen LogP contribution in [0.2, 0.25) is 0 Å². The fourth-order valence-electron chi connectivity index (χ4n) is 5.08. The first-order valence-corrected chi connectivity index (χ1v) is 15.3. The molecular weight excluding hydrogens is 534 g/mol. The lowest BCUT2D eigenvalue weighted by atomic mass is 9.84. The van der Waals surface area contributed by atoms with Crippen LogP contribution < -0.4 is 4.74 Å². The van der Waals surface area contributed by atoms with Gasteiger partial charge in [0.25, 0.3) is 0 Å². The van der Waals surface area contributed by atoms with Crippen molar-refractivity contribution >= 4 is 33.1 Å². The van der Waals surface area contributed by atoms with Gasteiger partial charge in [0.05, 0.1) is 24.4 Å². The highest BCUT2D eigenvalue weighted by atomic mass is 32.2. The molecule has 208 valence electrons. The van der Waals surface area contributed by atoms with Gasteiger partial charge in [-0.3, -0.25) is 9.59 Å². The molecule has 0 saturated heterocycles. The normalized spacial score (nSPS) is 18.4. The Labute approximate surface area is 234 Å². The van der Waals surface area contributed by atoms with Crippen molar-refractivity contribution in [2.24, 2.45) is 5.92 Å². The lowest BCUT2D eigenvalue weighted by molar-refractivity contribution is -0.145. The minimum atomic E-state index is -3.81. The van der Waals surface area contributed by atoms with Crippen molar-refractivity contribution in [1.29, 1.82) is 0 Å². The Morgan fingerprint density at radius 2 is 1.85 bits per heavy atom. The van der Waals surface area contributed by atoms with E-state index in [4.69, 9.17) is 9.47 Å². The Morgan fingerprint density at radius 3 is 2.49 bits per heavy atom. The standard InChI is InChI=1S/C30H35NO6S2/c1-7-24-17-31(39(34,35)27-11-9-8-10-25(27)37-24)16-23-15-22(13-12-18(23)2)28(20(4)30(33)36-6)26-14-19(3)29(38-26)21(5)32/h8-15,20,24,28H,7,16-17H2,1-6H3/t20?,24-,28?/m1/s1. The average Bonchev–Trinajstić information content (AvgIpc) is 3.25. The molecule has 39 heavy (non-hydrogen) atoms. The van der Waals surface area contributed by atoms with Gasteiger partial charge >= 0.3 is 5.97 Å². The lowest BCUT2D eigenvalue weighted by Gasteiger charge is -2.25. The van der Waals surface area contributed by atoms with E-state index in [1.54, 1.807) is 31.2 Å². The first-order valence-electron chi connectivity index (χ1n) is 13.0. The number of aryl methyl sites for hydroxylation is 2. The molecule has 2 unspecified atom stereocenters. The van der Waals surface area contributed by atoms with Crippen LogP contribution in [0.5, 0.6) is 5.75 Å². The SMILES string of the molecule is CC[C@@H]1CN(Cc2cc(C(c3cc(C)c(C(C)=O)s3)C(C)C(=O)OC)ccc2C)S(=O)(=O)c2ccccc2O1. The fourth-order valence-corrected chi connectivity index (χ4v) is 7.95. The number of methoxy groups -OCH3 is 1. The highest BCUT2D eigenvalue weighted by molar-refractivity contribution is 7.89. The summed E-state index contributed by atoms with van der Waals surface area (Å²) < 4.78 is 40.1. The molecule has 0 radical (unpaired) electrons. The number of nitrogens with zero attached hydrogens (tertiary/aromatic N) is 1. The molecule has 7 nitrogen and oxygen atoms in total. The number of carbonyl (C=O) groups is 2. The summed E-state index contributed by atoms with van der Waals surface area (Å²) in [4.78, 5) is 26.6. The minimum absolute atomic E-state index is 0.0165. The zero-order valence-electron chi connectivity index (χ0n) is 23.2. The minimum Gasteiger partial charge on any atom is -0.488 e. The number of carbonyl (C=O) groups excluding carboxylic acids is 2. The van der Waals surface area contributed by atoms with Gasteiger partial charge in [-0.1, -0.05) is 44.2 Å². The third-order valence-electron chi connectivity index (χ3n) is 7.34. The number of Topliss-reactive ketones (excluding diaryl/α,β-unsaturated/α-hetero) is 1. The number of benzene rings is 2. The third-order valence-corrected chi connectivity index (χ3v) is 10.6. The van der Waals surface area contributed by atoms with Crippen molar-refractivity contribution in [2.75, 3.05) is 13.7 Å². The van der Waals surface area contributed by atoms with Gasteiger partial charge < -0.3 is 9.47 Å². The fraction of sp³-hybridized carbons (Fsp3) is 0.400. The Balaban J connectivity index is 1.78. The molecule has 0 saturated carbocycles. The summed E-state index contributed by atoms with van der Waals surface area (Å²) in [7, 11) is -2.44. The number of hydrogen-bond acceptors (Lipinski definition) is 7. The molecule has 3 atom stereocenters. The van der Waals surface area contributed by atoms with Crippen LogP contribution in [0.3, 0.4) is 0 Å². The molecule has 0 bridgehead atoms. The monoisotopic (exact) mass is 569 g/mol. The largest absolute Gasteiger partial charge is 0.488 e. The molecule has 9 heteroatoms. The van der Waals surface area contributed by atoms with Crippen LogP contribution in [0.15, 0.2) is 53.4 Å². The molecule has 1 aliphatic rings. The summed E-state index contributed by atoms with van der Waals surface area (Å²) in [6, 6.07) is 14.6. The molecule has 0 amide bonds. The summed E-state index contributed by atoms with van der Waals surface area (Å²) in [6.07, 6.45) is 0.381. The van der Waals surface area contributed by atoms with Gasteiger partial charge in [-0.25, -0.2) is 8.42 Å². The van der Waals surface area contributed by atoms with Crippen LogP contribution in [0.4, 0.5) is 0 Å². The summed E-state index contributed by atoms with van der Waals surface area (Å²) in [5, 5.41) is 0. The Hall–Kier alpha value is -3.01. The summed E-state index contributed by atoms with van der Waals surface area (Å²) in [6.45, 7) is 9.57. The molecule has 0 fully saturated rings. The van der Waals surface area contributed by atoms with Gasteiger partial charge in [-0.05, 0) is 67.6 Å². The predicted octanol–water partition coefficient (Wildman–Crippen LogP) is 5.87. The third kappa shape index (κ3) is 5.81. The second-order valence-electron chi connectivity index (χ2n) is 10.1. The van der Waals surface area contributed by atoms with Gasteiger partial charge in [-0.2, -0.15) is 4.31 Å². The van der Waals surface area contributed by atoms with Crippen molar-refractivity contribution in [1.82, 2.24) is 4.31 Å². The quantitative estimate of drug-likeness (QED) is 0.249. The van der Waals surface area contributed by atoms with E-state index in [-0.39, 0.29) is 41.8 Å². The first kappa shape index (κ1) is 29.0. The van der Waals surface area contributed by atoms with E-state index in [2.05, 4.69) is 0 Å². The van der Waals surface area contributed by atoms with E-state index in [1.807, 2.05) is 52.0 Å². The zero-order chi connectivity index (χ0) is 28.5. The lowest BCUT2D eigenvalue weighted by Crippen LogP contribution is -2.36. The van der Waals surface area contributed by atoms with Crippen molar-refractivity contribution in [2.45, 2.75) is 64.5 Å². The van der Waals surface area contributed by atoms with Gasteiger partial charge in [-0.15, -0.1) is 11.3 Å². The Kier molecular flexibility index (Phi) is 8.63. The van der Waals surface area contributed by atoms with Gasteiger partial charge in [0.2, 0.25) is 10.0 Å². The van der Waals surface area contributed by atoms with Crippen LogP contribution in [0.1, 0.15) is 69.9 Å². The number of thiophene rings is 1. The molecule has 3 aromatic rings. The first-order chi connectivity index (χ1) is 18.5. The van der Waals surface area contributed by atoms with Gasteiger partial charge in [0, 0.05) is 17.3 Å². The Morgan fingerprint density at radius 1 is 1.13 bits per heavy atom. The highest BCUT2D eigenvalue weighted by Crippen LogP contribution is 2.40. The maximum absolute atomic E-state index is 13.7. The summed E-state index contributed by atoms with van der Waals surface area (Å²) in [5.74, 6) is -0.875. The average molecular weight is 570 g/mol. The second-order valence-corrected chi connectivity index (χ2v) is 13.1. The van der Waals surface area contributed by atoms with Gasteiger partial charge in [0.1, 0.15) is 16.7 Å². The molecule has 0 spiro atoms. The smallest absolute Gasteiger partial charge is 0.309 e. The van der Waals surface area contributed by atoms with E-state index >= 15 is 0 Å².